The minimum Gasteiger partial charge on any atom is -0.391 e. The van der Waals surface area contributed by atoms with Crippen molar-refractivity contribution in [2.45, 2.75) is 38.0 Å². The minimum absolute atomic E-state index is 0.0663. The third-order valence-electron chi connectivity index (χ3n) is 4.25. The summed E-state index contributed by atoms with van der Waals surface area (Å²) in [5.41, 5.74) is 0.0919. The summed E-state index contributed by atoms with van der Waals surface area (Å²) >= 11 is 0. The highest BCUT2D eigenvalue weighted by Crippen LogP contribution is 2.38. The zero-order chi connectivity index (χ0) is 16.3. The Morgan fingerprint density at radius 1 is 1.36 bits per heavy atom. The van der Waals surface area contributed by atoms with E-state index in [-0.39, 0.29) is 18.0 Å². The van der Waals surface area contributed by atoms with Crippen LogP contribution in [0.5, 0.6) is 0 Å². The van der Waals surface area contributed by atoms with Gasteiger partial charge in [-0.05, 0) is 17.9 Å². The number of nitrogens with zero attached hydrogens (tertiary/aromatic N) is 1. The van der Waals surface area contributed by atoms with Crippen LogP contribution in [-0.2, 0) is 4.79 Å². The van der Waals surface area contributed by atoms with Gasteiger partial charge in [0.05, 0.1) is 12.0 Å². The lowest BCUT2D eigenvalue weighted by Gasteiger charge is -2.35. The molecule has 3 nitrogen and oxygen atoms in total. The van der Waals surface area contributed by atoms with Gasteiger partial charge in [-0.3, -0.25) is 4.79 Å². The molecule has 0 radical (unpaired) electrons. The molecule has 3 atom stereocenters. The molecule has 0 aromatic heterocycles. The smallest absolute Gasteiger partial charge is 0.391 e. The van der Waals surface area contributed by atoms with E-state index >= 15 is 0 Å². The van der Waals surface area contributed by atoms with Gasteiger partial charge < -0.3 is 10.0 Å². The third kappa shape index (κ3) is 4.00. The Kier molecular flexibility index (Phi) is 5.11. The van der Waals surface area contributed by atoms with Gasteiger partial charge in [0.2, 0.25) is 5.91 Å². The number of aliphatic hydroxyl groups is 1. The number of carbonyl (C=O) groups is 1. The summed E-state index contributed by atoms with van der Waals surface area (Å²) in [6.07, 6.45) is -5.15. The molecule has 0 aliphatic carbocycles. The Bertz CT molecular complexity index is 504. The average Bonchev–Trinajstić information content (AvgIpc) is 2.47. The Morgan fingerprint density at radius 3 is 2.55 bits per heavy atom. The van der Waals surface area contributed by atoms with Crippen LogP contribution in [0.1, 0.15) is 31.2 Å². The maximum atomic E-state index is 13.3. The second-order valence-electron chi connectivity index (χ2n) is 5.88. The van der Waals surface area contributed by atoms with Crippen LogP contribution in [0.15, 0.2) is 30.3 Å². The topological polar surface area (TPSA) is 40.5 Å². The molecule has 1 aliphatic heterocycles. The van der Waals surface area contributed by atoms with E-state index in [1.807, 2.05) is 6.92 Å². The Labute approximate surface area is 127 Å². The van der Waals surface area contributed by atoms with Crippen LogP contribution in [0.4, 0.5) is 13.2 Å². The number of hydrogen-bond donors (Lipinski definition) is 1. The SMILES string of the molecule is CC1CCN(C(=O)CC(c2ccccc2)C(F)(F)F)CC1O. The lowest BCUT2D eigenvalue weighted by atomic mass is 9.92. The molecule has 1 N–H and O–H groups in total. The van der Waals surface area contributed by atoms with Crippen molar-refractivity contribution in [3.63, 3.8) is 0 Å². The van der Waals surface area contributed by atoms with Crippen molar-refractivity contribution in [3.8, 4) is 0 Å². The van der Waals surface area contributed by atoms with Crippen LogP contribution < -0.4 is 0 Å². The lowest BCUT2D eigenvalue weighted by molar-refractivity contribution is -0.162. The number of alkyl halides is 3. The molecule has 0 saturated carbocycles. The maximum Gasteiger partial charge on any atom is 0.396 e. The summed E-state index contributed by atoms with van der Waals surface area (Å²) in [5.74, 6) is -2.30. The fourth-order valence-electron chi connectivity index (χ4n) is 2.69. The van der Waals surface area contributed by atoms with E-state index in [0.717, 1.165) is 0 Å². The molecular formula is C16H20F3NO2. The van der Waals surface area contributed by atoms with E-state index in [1.165, 1.54) is 29.2 Å². The minimum atomic E-state index is -4.47. The normalized spacial score (nSPS) is 24.1. The maximum absolute atomic E-state index is 13.3. The number of likely N-dealkylation sites (tertiary alicyclic amines) is 1. The summed E-state index contributed by atoms with van der Waals surface area (Å²) in [6.45, 7) is 2.38. The summed E-state index contributed by atoms with van der Waals surface area (Å²) in [5, 5.41) is 9.79. The highest BCUT2D eigenvalue weighted by atomic mass is 19.4. The van der Waals surface area contributed by atoms with Gasteiger partial charge in [0.25, 0.3) is 0 Å². The number of aliphatic hydroxyl groups excluding tert-OH is 1. The van der Waals surface area contributed by atoms with E-state index < -0.39 is 30.5 Å². The van der Waals surface area contributed by atoms with Gasteiger partial charge in [0.15, 0.2) is 0 Å². The van der Waals surface area contributed by atoms with Crippen molar-refractivity contribution >= 4 is 5.91 Å². The molecule has 1 aromatic rings. The highest BCUT2D eigenvalue weighted by Gasteiger charge is 2.43. The third-order valence-corrected chi connectivity index (χ3v) is 4.25. The summed E-state index contributed by atoms with van der Waals surface area (Å²) < 4.78 is 39.8. The monoisotopic (exact) mass is 315 g/mol. The number of halogens is 3. The van der Waals surface area contributed by atoms with Crippen LogP contribution in [0, 0.1) is 5.92 Å². The second kappa shape index (κ2) is 6.69. The Hall–Kier alpha value is -1.56. The standard InChI is InChI=1S/C16H20F3NO2/c1-11-7-8-20(10-14(11)21)15(22)9-13(16(17,18)19)12-5-3-2-4-6-12/h2-6,11,13-14,21H,7-10H2,1H3. The molecular weight excluding hydrogens is 295 g/mol. The van der Waals surface area contributed by atoms with E-state index in [9.17, 15) is 23.1 Å². The molecule has 1 fully saturated rings. The van der Waals surface area contributed by atoms with Crippen molar-refractivity contribution in [1.82, 2.24) is 4.90 Å². The molecule has 6 heteroatoms. The molecule has 22 heavy (non-hydrogen) atoms. The molecule has 1 saturated heterocycles. The van der Waals surface area contributed by atoms with Crippen LogP contribution in [0.25, 0.3) is 0 Å². The highest BCUT2D eigenvalue weighted by molar-refractivity contribution is 5.77. The lowest BCUT2D eigenvalue weighted by Crippen LogP contribution is -2.46. The number of β-amino-alcohol motifs (C(OH)–C–C–N with tert-alkyl or cyclic N) is 1. The Balaban J connectivity index is 2.09. The summed E-state index contributed by atoms with van der Waals surface area (Å²) in [4.78, 5) is 13.5. The number of carbonyl (C=O) groups excluding carboxylic acids is 1. The molecule has 1 aromatic carbocycles. The van der Waals surface area contributed by atoms with Crippen molar-refractivity contribution in [2.24, 2.45) is 5.92 Å². The number of piperidine rings is 1. The molecule has 1 aliphatic rings. The van der Waals surface area contributed by atoms with Crippen LogP contribution >= 0.6 is 0 Å². The number of hydrogen-bond acceptors (Lipinski definition) is 2. The van der Waals surface area contributed by atoms with Crippen molar-refractivity contribution in [2.75, 3.05) is 13.1 Å². The van der Waals surface area contributed by atoms with E-state index in [2.05, 4.69) is 0 Å². The predicted octanol–water partition coefficient (Wildman–Crippen LogP) is 2.95. The first-order valence-corrected chi connectivity index (χ1v) is 7.36. The molecule has 0 spiro atoms. The van der Waals surface area contributed by atoms with Crippen molar-refractivity contribution < 1.29 is 23.1 Å². The molecule has 2 rings (SSSR count). The van der Waals surface area contributed by atoms with E-state index in [0.29, 0.717) is 13.0 Å². The van der Waals surface area contributed by atoms with Gasteiger partial charge in [-0.15, -0.1) is 0 Å². The van der Waals surface area contributed by atoms with E-state index in [1.54, 1.807) is 6.07 Å². The zero-order valence-corrected chi connectivity index (χ0v) is 12.4. The van der Waals surface area contributed by atoms with Gasteiger partial charge in [-0.25, -0.2) is 0 Å². The summed E-state index contributed by atoms with van der Waals surface area (Å²) in [6, 6.07) is 7.48. The van der Waals surface area contributed by atoms with Gasteiger partial charge in [0.1, 0.15) is 0 Å². The fourth-order valence-corrected chi connectivity index (χ4v) is 2.69. The zero-order valence-electron chi connectivity index (χ0n) is 12.4. The number of rotatable bonds is 3. The van der Waals surface area contributed by atoms with Crippen LogP contribution in [-0.4, -0.2) is 41.3 Å². The molecule has 0 bridgehead atoms. The van der Waals surface area contributed by atoms with Crippen molar-refractivity contribution in [1.29, 1.82) is 0 Å². The summed E-state index contributed by atoms with van der Waals surface area (Å²) in [7, 11) is 0. The fraction of sp³-hybridized carbons (Fsp3) is 0.562. The Morgan fingerprint density at radius 2 is 2.00 bits per heavy atom. The van der Waals surface area contributed by atoms with Crippen molar-refractivity contribution in [3.05, 3.63) is 35.9 Å². The van der Waals surface area contributed by atoms with Gasteiger partial charge in [0, 0.05) is 19.5 Å². The molecule has 1 heterocycles. The molecule has 122 valence electrons. The number of amides is 1. The van der Waals surface area contributed by atoms with Gasteiger partial charge in [-0.2, -0.15) is 13.2 Å². The van der Waals surface area contributed by atoms with Gasteiger partial charge in [-0.1, -0.05) is 37.3 Å². The van der Waals surface area contributed by atoms with Crippen LogP contribution in [0.3, 0.4) is 0 Å². The quantitative estimate of drug-likeness (QED) is 0.931. The average molecular weight is 315 g/mol. The first-order valence-electron chi connectivity index (χ1n) is 7.36. The second-order valence-corrected chi connectivity index (χ2v) is 5.88. The van der Waals surface area contributed by atoms with Gasteiger partial charge >= 0.3 is 6.18 Å². The van der Waals surface area contributed by atoms with Crippen LogP contribution in [0.2, 0.25) is 0 Å². The molecule has 3 unspecified atom stereocenters. The first kappa shape index (κ1) is 16.8. The number of benzene rings is 1. The predicted molar refractivity (Wildman–Crippen MR) is 76.2 cm³/mol. The largest absolute Gasteiger partial charge is 0.396 e. The molecule has 1 amide bonds. The van der Waals surface area contributed by atoms with E-state index in [4.69, 9.17) is 0 Å². The first-order chi connectivity index (χ1) is 10.3.